The van der Waals surface area contributed by atoms with Crippen LogP contribution in [0, 0.1) is 13.8 Å². The number of aromatic nitrogens is 2. The maximum absolute atomic E-state index is 13.3. The van der Waals surface area contributed by atoms with Crippen molar-refractivity contribution in [2.45, 2.75) is 31.7 Å². The Labute approximate surface area is 195 Å². The zero-order chi connectivity index (χ0) is 21.8. The van der Waals surface area contributed by atoms with E-state index < -0.39 is 0 Å². The zero-order valence-corrected chi connectivity index (χ0v) is 19.7. The Balaban J connectivity index is 1.55. The van der Waals surface area contributed by atoms with E-state index in [1.165, 1.54) is 21.8 Å². The summed E-state index contributed by atoms with van der Waals surface area (Å²) in [7, 11) is 0. The van der Waals surface area contributed by atoms with E-state index >= 15 is 0 Å². The summed E-state index contributed by atoms with van der Waals surface area (Å²) in [5.41, 5.74) is 4.10. The van der Waals surface area contributed by atoms with Crippen molar-refractivity contribution < 1.29 is 4.79 Å². The predicted molar refractivity (Wildman–Crippen MR) is 131 cm³/mol. The molecule has 0 aliphatic heterocycles. The van der Waals surface area contributed by atoms with Crippen molar-refractivity contribution in [2.75, 3.05) is 10.7 Å². The fourth-order valence-electron chi connectivity index (χ4n) is 3.22. The van der Waals surface area contributed by atoms with E-state index in [0.717, 1.165) is 21.3 Å². The first-order valence-electron chi connectivity index (χ1n) is 9.95. The molecule has 0 unspecified atom stereocenters. The maximum Gasteiger partial charge on any atom is 0.229 e. The van der Waals surface area contributed by atoms with Crippen molar-refractivity contribution >= 4 is 56.0 Å². The molecule has 0 N–H and O–H groups in total. The molecule has 4 aromatic rings. The van der Waals surface area contributed by atoms with Gasteiger partial charge in [0, 0.05) is 34.5 Å². The third-order valence-corrected chi connectivity index (χ3v) is 7.10. The molecule has 0 saturated carbocycles. The molecule has 31 heavy (non-hydrogen) atoms. The van der Waals surface area contributed by atoms with Gasteiger partial charge in [-0.1, -0.05) is 46.7 Å². The van der Waals surface area contributed by atoms with Gasteiger partial charge < -0.3 is 0 Å². The SMILES string of the molecule is Cc1ccc(SCCC(=O)N(Cc2cccnc2)c2nc3c(C)cc(Cl)cc3s2)cc1. The monoisotopic (exact) mass is 467 g/mol. The van der Waals surface area contributed by atoms with Gasteiger partial charge in [0.05, 0.1) is 16.8 Å². The van der Waals surface area contributed by atoms with Gasteiger partial charge in [0.2, 0.25) is 5.91 Å². The highest BCUT2D eigenvalue weighted by Gasteiger charge is 2.21. The molecule has 0 saturated heterocycles. The second-order valence-corrected chi connectivity index (χ2v) is 9.93. The molecule has 0 spiro atoms. The summed E-state index contributed by atoms with van der Waals surface area (Å²) in [5, 5.41) is 1.37. The van der Waals surface area contributed by atoms with E-state index in [1.54, 1.807) is 29.1 Å². The van der Waals surface area contributed by atoms with E-state index in [4.69, 9.17) is 16.6 Å². The molecular weight excluding hydrogens is 446 g/mol. The van der Waals surface area contributed by atoms with Crippen LogP contribution in [0.1, 0.15) is 23.1 Å². The number of fused-ring (bicyclic) bond motifs is 1. The van der Waals surface area contributed by atoms with Crippen LogP contribution in [-0.4, -0.2) is 21.6 Å². The zero-order valence-electron chi connectivity index (χ0n) is 17.3. The van der Waals surface area contributed by atoms with Crippen LogP contribution in [-0.2, 0) is 11.3 Å². The van der Waals surface area contributed by atoms with Gasteiger partial charge in [0.15, 0.2) is 5.13 Å². The van der Waals surface area contributed by atoms with Gasteiger partial charge in [-0.3, -0.25) is 14.7 Å². The fourth-order valence-corrected chi connectivity index (χ4v) is 5.50. The molecule has 0 atom stereocenters. The highest BCUT2D eigenvalue weighted by atomic mass is 35.5. The van der Waals surface area contributed by atoms with Crippen LogP contribution in [0.25, 0.3) is 10.2 Å². The van der Waals surface area contributed by atoms with Crippen molar-refractivity contribution in [2.24, 2.45) is 0 Å². The molecule has 2 heterocycles. The number of halogens is 1. The lowest BCUT2D eigenvalue weighted by molar-refractivity contribution is -0.118. The summed E-state index contributed by atoms with van der Waals surface area (Å²) in [6.07, 6.45) is 3.95. The molecule has 2 aromatic heterocycles. The second-order valence-electron chi connectivity index (χ2n) is 7.32. The largest absolute Gasteiger partial charge is 0.284 e. The number of anilines is 1. The number of thioether (sulfide) groups is 1. The molecule has 4 rings (SSSR count). The lowest BCUT2D eigenvalue weighted by Crippen LogP contribution is -2.30. The predicted octanol–water partition coefficient (Wildman–Crippen LogP) is 6.68. The summed E-state index contributed by atoms with van der Waals surface area (Å²) in [6, 6.07) is 16.0. The third kappa shape index (κ3) is 5.45. The highest BCUT2D eigenvalue weighted by Crippen LogP contribution is 2.34. The van der Waals surface area contributed by atoms with Gasteiger partial charge in [-0.15, -0.1) is 11.8 Å². The Kier molecular flexibility index (Phi) is 6.90. The quantitative estimate of drug-likeness (QED) is 0.284. The van der Waals surface area contributed by atoms with Gasteiger partial charge in [0.1, 0.15) is 0 Å². The van der Waals surface area contributed by atoms with Gasteiger partial charge in [-0.05, 0) is 55.3 Å². The summed E-state index contributed by atoms with van der Waals surface area (Å²) in [6.45, 7) is 4.50. The minimum Gasteiger partial charge on any atom is -0.284 e. The average Bonchev–Trinajstić information content (AvgIpc) is 3.18. The lowest BCUT2D eigenvalue weighted by atomic mass is 10.2. The number of hydrogen-bond donors (Lipinski definition) is 0. The fraction of sp³-hybridized carbons (Fsp3) is 0.208. The van der Waals surface area contributed by atoms with Crippen molar-refractivity contribution in [1.29, 1.82) is 0 Å². The number of nitrogens with zero attached hydrogens (tertiary/aromatic N) is 3. The molecule has 0 bridgehead atoms. The smallest absolute Gasteiger partial charge is 0.229 e. The number of aryl methyl sites for hydroxylation is 2. The topological polar surface area (TPSA) is 46.1 Å². The third-order valence-electron chi connectivity index (χ3n) is 4.84. The Morgan fingerprint density at radius 2 is 1.97 bits per heavy atom. The minimum absolute atomic E-state index is 0.0475. The molecule has 2 aromatic carbocycles. The summed E-state index contributed by atoms with van der Waals surface area (Å²) in [4.78, 5) is 25.2. The normalized spacial score (nSPS) is 11.1. The van der Waals surface area contributed by atoms with E-state index in [-0.39, 0.29) is 5.91 Å². The molecule has 0 aliphatic rings. The molecule has 0 radical (unpaired) electrons. The number of rotatable bonds is 7. The first kappa shape index (κ1) is 21.8. The summed E-state index contributed by atoms with van der Waals surface area (Å²) in [5.74, 6) is 0.757. The van der Waals surface area contributed by atoms with Crippen molar-refractivity contribution in [3.8, 4) is 0 Å². The average molecular weight is 468 g/mol. The number of carbonyl (C=O) groups is 1. The molecule has 4 nitrogen and oxygen atoms in total. The van der Waals surface area contributed by atoms with E-state index in [0.29, 0.717) is 28.9 Å². The van der Waals surface area contributed by atoms with E-state index in [2.05, 4.69) is 36.2 Å². The molecular formula is C24H22ClN3OS2. The van der Waals surface area contributed by atoms with Crippen molar-refractivity contribution in [3.63, 3.8) is 0 Å². The molecule has 0 aliphatic carbocycles. The van der Waals surface area contributed by atoms with Crippen LogP contribution in [0.2, 0.25) is 5.02 Å². The van der Waals surface area contributed by atoms with Crippen LogP contribution in [0.3, 0.4) is 0 Å². The van der Waals surface area contributed by atoms with Crippen LogP contribution in [0.4, 0.5) is 5.13 Å². The number of pyridine rings is 1. The molecule has 158 valence electrons. The number of benzene rings is 2. The van der Waals surface area contributed by atoms with Gasteiger partial charge >= 0.3 is 0 Å². The first-order chi connectivity index (χ1) is 15.0. The van der Waals surface area contributed by atoms with Gasteiger partial charge in [-0.25, -0.2) is 4.98 Å². The Morgan fingerprint density at radius 1 is 1.16 bits per heavy atom. The molecule has 1 amide bonds. The lowest BCUT2D eigenvalue weighted by Gasteiger charge is -2.20. The number of carbonyl (C=O) groups excluding carboxylic acids is 1. The Morgan fingerprint density at radius 3 is 2.71 bits per heavy atom. The van der Waals surface area contributed by atoms with E-state index in [9.17, 15) is 4.79 Å². The van der Waals surface area contributed by atoms with Gasteiger partial charge in [0.25, 0.3) is 0 Å². The maximum atomic E-state index is 13.3. The highest BCUT2D eigenvalue weighted by molar-refractivity contribution is 7.99. The standard InChI is InChI=1S/C24H22ClN3OS2/c1-16-5-7-20(8-6-16)30-11-9-22(29)28(15-18-4-3-10-26-14-18)24-27-23-17(2)12-19(25)13-21(23)31-24/h3-8,10,12-14H,9,11,15H2,1-2H3. The van der Waals surface area contributed by atoms with Crippen LogP contribution >= 0.6 is 34.7 Å². The Hall–Kier alpha value is -2.41. The number of amides is 1. The number of thiazole rings is 1. The minimum atomic E-state index is 0.0475. The van der Waals surface area contributed by atoms with Crippen LogP contribution < -0.4 is 4.90 Å². The molecule has 0 fully saturated rings. The first-order valence-corrected chi connectivity index (χ1v) is 12.1. The molecule has 7 heteroatoms. The van der Waals surface area contributed by atoms with Crippen LogP contribution in [0.15, 0.2) is 65.8 Å². The van der Waals surface area contributed by atoms with Crippen LogP contribution in [0.5, 0.6) is 0 Å². The number of hydrogen-bond acceptors (Lipinski definition) is 5. The summed E-state index contributed by atoms with van der Waals surface area (Å²) < 4.78 is 0.984. The summed E-state index contributed by atoms with van der Waals surface area (Å²) >= 11 is 9.42. The van der Waals surface area contributed by atoms with E-state index in [1.807, 2.05) is 31.2 Å². The van der Waals surface area contributed by atoms with Gasteiger partial charge in [-0.2, -0.15) is 0 Å². The van der Waals surface area contributed by atoms with Crippen molar-refractivity contribution in [3.05, 3.63) is 82.6 Å². The second kappa shape index (κ2) is 9.81. The Bertz CT molecular complexity index is 1190. The van der Waals surface area contributed by atoms with Crippen molar-refractivity contribution in [1.82, 2.24) is 9.97 Å².